The summed E-state index contributed by atoms with van der Waals surface area (Å²) in [6.07, 6.45) is 1.89. The van der Waals surface area contributed by atoms with Gasteiger partial charge in [0.25, 0.3) is 0 Å². The highest BCUT2D eigenvalue weighted by molar-refractivity contribution is 5.91. The molecule has 1 aliphatic rings. The van der Waals surface area contributed by atoms with Crippen molar-refractivity contribution < 1.29 is 0 Å². The number of benzene rings is 8. The molecule has 3 heterocycles. The van der Waals surface area contributed by atoms with Gasteiger partial charge in [-0.3, -0.25) is 9.13 Å². The molecule has 0 spiro atoms. The van der Waals surface area contributed by atoms with Gasteiger partial charge in [-0.15, -0.1) is 10.2 Å². The summed E-state index contributed by atoms with van der Waals surface area (Å²) >= 11 is 0. The highest BCUT2D eigenvalue weighted by atomic mass is 15.3. The number of fused-ring (bicyclic) bond motifs is 3. The number of imidazole rings is 1. The van der Waals surface area contributed by atoms with E-state index in [4.69, 9.17) is 15.2 Å². The maximum Gasteiger partial charge on any atom is 0.170 e. The normalized spacial score (nSPS) is 12.9. The maximum atomic E-state index is 5.04. The predicted molar refractivity (Wildman–Crippen MR) is 233 cm³/mol. The highest BCUT2D eigenvalue weighted by Crippen LogP contribution is 2.58. The van der Waals surface area contributed by atoms with Gasteiger partial charge in [0.05, 0.1) is 33.5 Å². The Bertz CT molecular complexity index is 3020. The standard InChI is InChI=1S/C52H36N6/c1-5-19-38(20-6-1)52(39-21-7-2-8-22-39)43-28-14-17-31-47(43)57(40-23-9-3-10-24-40)49-35-37(33-34-44(49)52)50-54-55-51(58(50)41-25-11-4-12-26-41)42-27-13-16-30-46(42)56-36-53-45-29-15-18-32-48(45)56/h1-36H. The second kappa shape index (κ2) is 13.7. The van der Waals surface area contributed by atoms with E-state index in [-0.39, 0.29) is 0 Å². The topological polar surface area (TPSA) is 51.8 Å². The molecule has 0 atom stereocenters. The van der Waals surface area contributed by atoms with Crippen molar-refractivity contribution in [3.8, 4) is 34.2 Å². The smallest absolute Gasteiger partial charge is 0.170 e. The van der Waals surface area contributed by atoms with Crippen molar-refractivity contribution in [2.45, 2.75) is 5.41 Å². The van der Waals surface area contributed by atoms with Crippen LogP contribution in [0.3, 0.4) is 0 Å². The van der Waals surface area contributed by atoms with E-state index >= 15 is 0 Å². The quantitative estimate of drug-likeness (QED) is 0.163. The van der Waals surface area contributed by atoms with E-state index in [9.17, 15) is 0 Å². The lowest BCUT2D eigenvalue weighted by molar-refractivity contribution is 0.731. The van der Waals surface area contributed by atoms with Crippen LogP contribution in [-0.2, 0) is 5.41 Å². The molecule has 0 saturated heterocycles. The van der Waals surface area contributed by atoms with Crippen LogP contribution in [0, 0.1) is 0 Å². The summed E-state index contributed by atoms with van der Waals surface area (Å²) in [6, 6.07) is 75.1. The van der Waals surface area contributed by atoms with Gasteiger partial charge < -0.3 is 4.90 Å². The van der Waals surface area contributed by atoms with Crippen LogP contribution in [0.5, 0.6) is 0 Å². The van der Waals surface area contributed by atoms with Crippen molar-refractivity contribution in [3.05, 3.63) is 241 Å². The number of hydrogen-bond donors (Lipinski definition) is 0. The summed E-state index contributed by atoms with van der Waals surface area (Å²) in [5.41, 5.74) is 13.3. The minimum absolute atomic E-state index is 0.608. The van der Waals surface area contributed by atoms with E-state index in [0.29, 0.717) is 0 Å². The van der Waals surface area contributed by atoms with Gasteiger partial charge in [-0.2, -0.15) is 0 Å². The van der Waals surface area contributed by atoms with Crippen molar-refractivity contribution in [2.24, 2.45) is 0 Å². The first-order valence-electron chi connectivity index (χ1n) is 19.5. The van der Waals surface area contributed by atoms with Gasteiger partial charge >= 0.3 is 0 Å². The van der Waals surface area contributed by atoms with Crippen LogP contribution in [0.4, 0.5) is 17.1 Å². The Labute approximate surface area is 336 Å². The number of rotatable bonds is 7. The minimum atomic E-state index is -0.608. The van der Waals surface area contributed by atoms with Crippen LogP contribution in [0.2, 0.25) is 0 Å². The van der Waals surface area contributed by atoms with Crippen molar-refractivity contribution >= 4 is 28.1 Å². The van der Waals surface area contributed by atoms with E-state index < -0.39 is 5.41 Å². The molecular formula is C52H36N6. The molecule has 0 unspecified atom stereocenters. The summed E-state index contributed by atoms with van der Waals surface area (Å²) in [5, 5.41) is 10.0. The van der Waals surface area contributed by atoms with Gasteiger partial charge in [0.2, 0.25) is 0 Å². The van der Waals surface area contributed by atoms with Crippen molar-refractivity contribution in [2.75, 3.05) is 4.90 Å². The molecule has 11 rings (SSSR count). The number of aromatic nitrogens is 5. The zero-order valence-corrected chi connectivity index (χ0v) is 31.5. The number of anilines is 3. The SMILES string of the molecule is c1ccc(N2c3ccccc3C(c3ccccc3)(c3ccccc3)c3ccc(-c4nnc(-c5ccccc5-n5cnc6ccccc65)n4-c4ccccc4)cc32)cc1. The van der Waals surface area contributed by atoms with Crippen molar-refractivity contribution in [1.82, 2.24) is 24.3 Å². The largest absolute Gasteiger partial charge is 0.310 e. The average Bonchev–Trinajstić information content (AvgIpc) is 3.95. The fourth-order valence-electron chi connectivity index (χ4n) is 8.94. The maximum absolute atomic E-state index is 5.04. The van der Waals surface area contributed by atoms with E-state index in [2.05, 4.69) is 202 Å². The number of hydrogen-bond acceptors (Lipinski definition) is 4. The zero-order valence-electron chi connectivity index (χ0n) is 31.5. The molecular weight excluding hydrogens is 709 g/mol. The molecule has 8 aromatic carbocycles. The molecule has 0 amide bonds. The Morgan fingerprint density at radius 3 is 1.69 bits per heavy atom. The first-order chi connectivity index (χ1) is 28.8. The van der Waals surface area contributed by atoms with Gasteiger partial charge in [0.15, 0.2) is 11.6 Å². The molecule has 1 aliphatic heterocycles. The van der Waals surface area contributed by atoms with Crippen LogP contribution < -0.4 is 4.90 Å². The second-order valence-electron chi connectivity index (χ2n) is 14.5. The molecule has 0 N–H and O–H groups in total. The Hall–Kier alpha value is -7.83. The van der Waals surface area contributed by atoms with Gasteiger partial charge in [-0.05, 0) is 82.9 Å². The lowest BCUT2D eigenvalue weighted by Crippen LogP contribution is -2.37. The fraction of sp³-hybridized carbons (Fsp3) is 0.0192. The molecule has 2 aromatic heterocycles. The van der Waals surface area contributed by atoms with Crippen LogP contribution in [0.15, 0.2) is 219 Å². The third kappa shape index (κ3) is 5.16. The molecule has 10 aromatic rings. The summed E-state index contributed by atoms with van der Waals surface area (Å²) in [5.74, 6) is 1.48. The highest BCUT2D eigenvalue weighted by Gasteiger charge is 2.46. The third-order valence-corrected chi connectivity index (χ3v) is 11.4. The van der Waals surface area contributed by atoms with Crippen LogP contribution in [0.1, 0.15) is 22.3 Å². The Balaban J connectivity index is 1.19. The molecule has 0 radical (unpaired) electrons. The summed E-state index contributed by atoms with van der Waals surface area (Å²) in [4.78, 5) is 7.13. The van der Waals surface area contributed by atoms with Crippen LogP contribution in [-0.4, -0.2) is 24.3 Å². The van der Waals surface area contributed by atoms with Gasteiger partial charge in [0.1, 0.15) is 6.33 Å². The molecule has 0 bridgehead atoms. The van der Waals surface area contributed by atoms with Crippen molar-refractivity contribution in [1.29, 1.82) is 0 Å². The van der Waals surface area contributed by atoms with E-state index in [0.717, 1.165) is 62.2 Å². The van der Waals surface area contributed by atoms with Crippen LogP contribution in [0.25, 0.3) is 45.2 Å². The van der Waals surface area contributed by atoms with Gasteiger partial charge in [0, 0.05) is 22.5 Å². The summed E-state index contributed by atoms with van der Waals surface area (Å²) < 4.78 is 4.32. The van der Waals surface area contributed by atoms with E-state index in [1.165, 1.54) is 22.3 Å². The van der Waals surface area contributed by atoms with Gasteiger partial charge in [-0.1, -0.05) is 152 Å². The lowest BCUT2D eigenvalue weighted by atomic mass is 9.62. The minimum Gasteiger partial charge on any atom is -0.310 e. The van der Waals surface area contributed by atoms with E-state index in [1.807, 2.05) is 30.6 Å². The molecule has 6 heteroatoms. The predicted octanol–water partition coefficient (Wildman–Crippen LogP) is 12.1. The fourth-order valence-corrected chi connectivity index (χ4v) is 8.94. The molecule has 0 aliphatic carbocycles. The average molecular weight is 745 g/mol. The molecule has 0 saturated carbocycles. The Kier molecular flexibility index (Phi) is 7.93. The van der Waals surface area contributed by atoms with Crippen molar-refractivity contribution in [3.63, 3.8) is 0 Å². The van der Waals surface area contributed by atoms with E-state index in [1.54, 1.807) is 0 Å². The van der Waals surface area contributed by atoms with Crippen LogP contribution >= 0.6 is 0 Å². The lowest BCUT2D eigenvalue weighted by Gasteiger charge is -2.46. The third-order valence-electron chi connectivity index (χ3n) is 11.4. The zero-order chi connectivity index (χ0) is 38.5. The molecule has 274 valence electrons. The Morgan fingerprint density at radius 2 is 0.966 bits per heavy atom. The first kappa shape index (κ1) is 33.5. The first-order valence-corrected chi connectivity index (χ1v) is 19.5. The molecule has 6 nitrogen and oxygen atoms in total. The Morgan fingerprint density at radius 1 is 0.414 bits per heavy atom. The molecule has 58 heavy (non-hydrogen) atoms. The number of para-hydroxylation sites is 6. The van der Waals surface area contributed by atoms with Gasteiger partial charge in [-0.25, -0.2) is 4.98 Å². The summed E-state index contributed by atoms with van der Waals surface area (Å²) in [6.45, 7) is 0. The summed E-state index contributed by atoms with van der Waals surface area (Å²) in [7, 11) is 0. The number of nitrogens with zero attached hydrogens (tertiary/aromatic N) is 6. The molecule has 0 fully saturated rings. The monoisotopic (exact) mass is 744 g/mol. The second-order valence-corrected chi connectivity index (χ2v) is 14.5.